The molecule has 0 aliphatic rings. The Morgan fingerprint density at radius 2 is 1.36 bits per heavy atom. The standard InChI is InChI=1S/C23H30S2/c1-2-3-4-5-6-9-18-23(25-22-16-12-8-13-17-22)19-20-24-21-14-10-7-11-15-21/h7-8,10-17,19-20,23H,2-6,9,18H2,1H3/b20-19+. The summed E-state index contributed by atoms with van der Waals surface area (Å²) in [6.07, 6.45) is 11.8. The summed E-state index contributed by atoms with van der Waals surface area (Å²) in [7, 11) is 0. The van der Waals surface area contributed by atoms with Crippen molar-refractivity contribution in [2.75, 3.05) is 0 Å². The van der Waals surface area contributed by atoms with Gasteiger partial charge >= 0.3 is 0 Å². The van der Waals surface area contributed by atoms with Crippen LogP contribution in [0.1, 0.15) is 51.9 Å². The van der Waals surface area contributed by atoms with E-state index in [-0.39, 0.29) is 0 Å². The van der Waals surface area contributed by atoms with Crippen molar-refractivity contribution in [2.45, 2.75) is 66.9 Å². The zero-order valence-electron chi connectivity index (χ0n) is 15.3. The molecule has 2 rings (SSSR count). The number of hydrogen-bond donors (Lipinski definition) is 0. The normalized spacial score (nSPS) is 12.5. The van der Waals surface area contributed by atoms with Crippen LogP contribution in [0.4, 0.5) is 0 Å². The van der Waals surface area contributed by atoms with Crippen LogP contribution >= 0.6 is 23.5 Å². The molecule has 0 nitrogen and oxygen atoms in total. The van der Waals surface area contributed by atoms with Gasteiger partial charge in [-0.15, -0.1) is 11.8 Å². The van der Waals surface area contributed by atoms with E-state index in [1.807, 2.05) is 23.5 Å². The average Bonchev–Trinajstić information content (AvgIpc) is 2.66. The van der Waals surface area contributed by atoms with E-state index >= 15 is 0 Å². The first-order chi connectivity index (χ1) is 12.4. The molecule has 0 saturated heterocycles. The number of rotatable bonds is 12. The number of hydrogen-bond acceptors (Lipinski definition) is 2. The molecule has 0 aliphatic carbocycles. The Morgan fingerprint density at radius 1 is 0.760 bits per heavy atom. The van der Waals surface area contributed by atoms with Gasteiger partial charge in [-0.1, -0.05) is 99.7 Å². The first-order valence-corrected chi connectivity index (χ1v) is 11.2. The van der Waals surface area contributed by atoms with Crippen LogP contribution in [0.3, 0.4) is 0 Å². The van der Waals surface area contributed by atoms with Gasteiger partial charge in [0.1, 0.15) is 0 Å². The molecular formula is C23H30S2. The van der Waals surface area contributed by atoms with Crippen molar-refractivity contribution in [3.63, 3.8) is 0 Å². The van der Waals surface area contributed by atoms with Crippen LogP contribution in [0.2, 0.25) is 0 Å². The lowest BCUT2D eigenvalue weighted by molar-refractivity contribution is 0.594. The maximum absolute atomic E-state index is 2.39. The highest BCUT2D eigenvalue weighted by atomic mass is 32.2. The summed E-state index contributed by atoms with van der Waals surface area (Å²) >= 11 is 3.81. The Hall–Kier alpha value is -1.12. The van der Waals surface area contributed by atoms with E-state index in [0.29, 0.717) is 5.25 Å². The topological polar surface area (TPSA) is 0 Å². The third-order valence-corrected chi connectivity index (χ3v) is 6.19. The van der Waals surface area contributed by atoms with Crippen LogP contribution < -0.4 is 0 Å². The maximum Gasteiger partial charge on any atom is 0.0282 e. The third-order valence-electron chi connectivity index (χ3n) is 4.11. The lowest BCUT2D eigenvalue weighted by Gasteiger charge is -2.12. The summed E-state index contributed by atoms with van der Waals surface area (Å²) in [6, 6.07) is 21.4. The molecule has 134 valence electrons. The first kappa shape index (κ1) is 20.2. The lowest BCUT2D eigenvalue weighted by Crippen LogP contribution is -1.98. The van der Waals surface area contributed by atoms with Gasteiger partial charge in [0.25, 0.3) is 0 Å². The molecule has 1 atom stereocenters. The second-order valence-electron chi connectivity index (χ2n) is 6.29. The maximum atomic E-state index is 2.39. The molecule has 0 bridgehead atoms. The van der Waals surface area contributed by atoms with E-state index in [1.54, 1.807) is 0 Å². The molecule has 0 saturated carbocycles. The summed E-state index contributed by atoms with van der Waals surface area (Å²) in [4.78, 5) is 2.68. The van der Waals surface area contributed by atoms with Crippen LogP contribution in [0.25, 0.3) is 0 Å². The number of benzene rings is 2. The zero-order valence-corrected chi connectivity index (χ0v) is 16.9. The molecule has 0 radical (unpaired) electrons. The Bertz CT molecular complexity index is 578. The second-order valence-corrected chi connectivity index (χ2v) is 8.58. The summed E-state index contributed by atoms with van der Waals surface area (Å²) in [6.45, 7) is 2.28. The highest BCUT2D eigenvalue weighted by Gasteiger charge is 2.07. The van der Waals surface area contributed by atoms with Gasteiger partial charge in [-0.3, -0.25) is 0 Å². The van der Waals surface area contributed by atoms with Crippen molar-refractivity contribution < 1.29 is 0 Å². The van der Waals surface area contributed by atoms with Crippen molar-refractivity contribution in [3.05, 3.63) is 72.1 Å². The van der Waals surface area contributed by atoms with Gasteiger partial charge in [0.05, 0.1) is 0 Å². The summed E-state index contributed by atoms with van der Waals surface area (Å²) in [5, 5.41) is 2.83. The molecule has 2 aromatic carbocycles. The molecule has 2 heteroatoms. The molecule has 0 amide bonds. The van der Waals surface area contributed by atoms with Crippen molar-refractivity contribution in [1.29, 1.82) is 0 Å². The highest BCUT2D eigenvalue weighted by Crippen LogP contribution is 2.29. The van der Waals surface area contributed by atoms with Crippen LogP contribution in [0.15, 0.2) is 81.9 Å². The Kier molecular flexibility index (Phi) is 10.6. The summed E-state index contributed by atoms with van der Waals surface area (Å²) in [5.41, 5.74) is 0. The predicted molar refractivity (Wildman–Crippen MR) is 116 cm³/mol. The Morgan fingerprint density at radius 3 is 2.04 bits per heavy atom. The van der Waals surface area contributed by atoms with Gasteiger partial charge in [-0.05, 0) is 36.1 Å². The second kappa shape index (κ2) is 13.1. The molecular weight excluding hydrogens is 340 g/mol. The molecule has 0 N–H and O–H groups in total. The van der Waals surface area contributed by atoms with Gasteiger partial charge in [0, 0.05) is 15.0 Å². The van der Waals surface area contributed by atoms with E-state index in [0.717, 1.165) is 0 Å². The first-order valence-electron chi connectivity index (χ1n) is 9.48. The van der Waals surface area contributed by atoms with Gasteiger partial charge < -0.3 is 0 Å². The molecule has 1 unspecified atom stereocenters. The zero-order chi connectivity index (χ0) is 17.6. The molecule has 0 spiro atoms. The molecule has 0 heterocycles. The number of unbranched alkanes of at least 4 members (excludes halogenated alkanes) is 5. The van der Waals surface area contributed by atoms with Crippen molar-refractivity contribution in [3.8, 4) is 0 Å². The third kappa shape index (κ3) is 9.23. The van der Waals surface area contributed by atoms with E-state index in [2.05, 4.69) is 79.1 Å². The van der Waals surface area contributed by atoms with Crippen LogP contribution in [-0.2, 0) is 0 Å². The van der Waals surface area contributed by atoms with E-state index in [9.17, 15) is 0 Å². The molecule has 2 aromatic rings. The minimum atomic E-state index is 0.560. The monoisotopic (exact) mass is 370 g/mol. The van der Waals surface area contributed by atoms with Gasteiger partial charge in [0.15, 0.2) is 0 Å². The fraction of sp³-hybridized carbons (Fsp3) is 0.391. The minimum Gasteiger partial charge on any atom is -0.119 e. The van der Waals surface area contributed by atoms with Crippen molar-refractivity contribution >= 4 is 23.5 Å². The Labute approximate surface area is 162 Å². The average molecular weight is 371 g/mol. The molecule has 0 aliphatic heterocycles. The van der Waals surface area contributed by atoms with E-state index < -0.39 is 0 Å². The fourth-order valence-electron chi connectivity index (χ4n) is 2.70. The molecule has 25 heavy (non-hydrogen) atoms. The van der Waals surface area contributed by atoms with Crippen LogP contribution in [0, 0.1) is 0 Å². The lowest BCUT2D eigenvalue weighted by atomic mass is 10.1. The van der Waals surface area contributed by atoms with Crippen molar-refractivity contribution in [1.82, 2.24) is 0 Å². The summed E-state index contributed by atoms with van der Waals surface area (Å²) in [5.74, 6) is 0. The quantitative estimate of drug-likeness (QED) is 0.273. The SMILES string of the molecule is CCCCCCCCC(/C=C/Sc1ccccc1)Sc1ccccc1. The fourth-order valence-corrected chi connectivity index (χ4v) is 4.64. The van der Waals surface area contributed by atoms with E-state index in [4.69, 9.17) is 0 Å². The van der Waals surface area contributed by atoms with Gasteiger partial charge in [-0.25, -0.2) is 0 Å². The van der Waals surface area contributed by atoms with Crippen LogP contribution in [-0.4, -0.2) is 5.25 Å². The summed E-state index contributed by atoms with van der Waals surface area (Å²) < 4.78 is 0. The molecule has 0 fully saturated rings. The van der Waals surface area contributed by atoms with Gasteiger partial charge in [-0.2, -0.15) is 0 Å². The van der Waals surface area contributed by atoms with Crippen LogP contribution in [0.5, 0.6) is 0 Å². The van der Waals surface area contributed by atoms with Crippen molar-refractivity contribution in [2.24, 2.45) is 0 Å². The Balaban J connectivity index is 1.82. The highest BCUT2D eigenvalue weighted by molar-refractivity contribution is 8.02. The molecule has 0 aromatic heterocycles. The predicted octanol–water partition coefficient (Wildman–Crippen LogP) is 8.20. The van der Waals surface area contributed by atoms with E-state index in [1.165, 1.54) is 54.7 Å². The largest absolute Gasteiger partial charge is 0.119 e. The smallest absolute Gasteiger partial charge is 0.0282 e. The van der Waals surface area contributed by atoms with Gasteiger partial charge in [0.2, 0.25) is 0 Å². The minimum absolute atomic E-state index is 0.560. The number of thioether (sulfide) groups is 2.